The molecule has 0 aliphatic carbocycles. The van der Waals surface area contributed by atoms with Crippen LogP contribution in [0.25, 0.3) is 0 Å². The first-order valence-corrected chi connectivity index (χ1v) is 8.34. The summed E-state index contributed by atoms with van der Waals surface area (Å²) >= 11 is 0. The zero-order valence-electron chi connectivity index (χ0n) is 13.7. The fourth-order valence-electron chi connectivity index (χ4n) is 2.77. The van der Waals surface area contributed by atoms with Gasteiger partial charge in [0.05, 0.1) is 11.1 Å². The van der Waals surface area contributed by atoms with Crippen molar-refractivity contribution in [1.29, 1.82) is 0 Å². The van der Waals surface area contributed by atoms with Crippen molar-refractivity contribution in [3.63, 3.8) is 0 Å². The van der Waals surface area contributed by atoms with Crippen LogP contribution >= 0.6 is 0 Å². The van der Waals surface area contributed by atoms with E-state index in [1.54, 1.807) is 28.9 Å². The topological polar surface area (TPSA) is 134 Å². The Labute approximate surface area is 145 Å². The van der Waals surface area contributed by atoms with Crippen molar-refractivity contribution in [2.24, 2.45) is 0 Å². The molecule has 2 aromatic rings. The molecule has 0 spiro atoms. The number of carbonyl (C=O) groups excluding carboxylic acids is 2. The zero-order chi connectivity index (χ0) is 18.9. The predicted molar refractivity (Wildman–Crippen MR) is 74.2 cm³/mol. The van der Waals surface area contributed by atoms with E-state index in [2.05, 4.69) is 0 Å². The quantitative estimate of drug-likeness (QED) is 0.392. The van der Waals surface area contributed by atoms with Gasteiger partial charge in [-0.1, -0.05) is 16.8 Å². The third-order valence-corrected chi connectivity index (χ3v) is 3.51. The maximum atomic E-state index is 12.5. The SMILES string of the molecule is Cc1cc(C)[n+](N2C(=O)c3ccccc3C2=O)c(C)c1.[O-][Cl+3]([O-])([O-])[O-]. The Bertz CT molecular complexity index is 783. The summed E-state index contributed by atoms with van der Waals surface area (Å²) in [5.41, 5.74) is 3.75. The van der Waals surface area contributed by atoms with Crippen LogP contribution in [0.1, 0.15) is 37.7 Å². The highest BCUT2D eigenvalue weighted by Crippen LogP contribution is 2.20. The van der Waals surface area contributed by atoms with Crippen LogP contribution in [0, 0.1) is 31.0 Å². The second kappa shape index (κ2) is 6.87. The van der Waals surface area contributed by atoms with Gasteiger partial charge >= 0.3 is 11.8 Å². The number of imide groups is 1. The normalized spacial score (nSPS) is 13.5. The fraction of sp³-hybridized carbons (Fsp3) is 0.188. The van der Waals surface area contributed by atoms with Crippen molar-refractivity contribution >= 4 is 11.8 Å². The summed E-state index contributed by atoms with van der Waals surface area (Å²) in [6.45, 7) is 5.78. The molecule has 8 nitrogen and oxygen atoms in total. The number of hydrogen-bond acceptors (Lipinski definition) is 6. The molecule has 0 radical (unpaired) electrons. The van der Waals surface area contributed by atoms with Crippen LogP contribution in [0.5, 0.6) is 0 Å². The highest BCUT2D eigenvalue weighted by Gasteiger charge is 2.43. The molecule has 0 unspecified atom stereocenters. The van der Waals surface area contributed by atoms with E-state index in [1.165, 1.54) is 5.01 Å². The summed E-state index contributed by atoms with van der Waals surface area (Å²) in [4.78, 5) is 25.0. The molecule has 0 bridgehead atoms. The molecule has 2 heterocycles. The van der Waals surface area contributed by atoms with E-state index in [9.17, 15) is 9.59 Å². The van der Waals surface area contributed by atoms with E-state index >= 15 is 0 Å². The van der Waals surface area contributed by atoms with Crippen molar-refractivity contribution in [3.05, 3.63) is 64.5 Å². The minimum Gasteiger partial charge on any atom is -0.263 e. The molecule has 1 aliphatic heterocycles. The van der Waals surface area contributed by atoms with Crippen LogP contribution < -0.4 is 28.3 Å². The molecular weight excluding hydrogens is 352 g/mol. The molecule has 9 heteroatoms. The third-order valence-electron chi connectivity index (χ3n) is 3.51. The Morgan fingerprint density at radius 3 is 1.56 bits per heavy atom. The number of pyridine rings is 1. The number of rotatable bonds is 1. The van der Waals surface area contributed by atoms with E-state index in [0.29, 0.717) is 11.1 Å². The minimum absolute atomic E-state index is 0.273. The van der Waals surface area contributed by atoms with Crippen LogP contribution in [0.3, 0.4) is 0 Å². The van der Waals surface area contributed by atoms with Crippen molar-refractivity contribution < 1.29 is 43.1 Å². The number of halogens is 1. The second-order valence-electron chi connectivity index (χ2n) is 5.47. The summed E-state index contributed by atoms with van der Waals surface area (Å²) < 4.78 is 35.7. The standard InChI is InChI=1S/C16H15N2O2.ClHO4/c1-10-8-11(2)17(12(3)9-10)18-15(19)13-6-4-5-7-14(13)16(18)20;2-1(3,4)5/h4-9H,1-3H3;(H,2,3,4,5)/q+1;/p-1. The Kier molecular flexibility index (Phi) is 5.21. The van der Waals surface area contributed by atoms with Gasteiger partial charge in [-0.3, -0.25) is 9.59 Å². The van der Waals surface area contributed by atoms with Crippen molar-refractivity contribution in [2.45, 2.75) is 20.8 Å². The lowest BCUT2D eigenvalue weighted by Gasteiger charge is -2.17. The van der Waals surface area contributed by atoms with E-state index < -0.39 is 10.2 Å². The van der Waals surface area contributed by atoms with Gasteiger partial charge in [0.15, 0.2) is 0 Å². The first kappa shape index (κ1) is 19.0. The zero-order valence-corrected chi connectivity index (χ0v) is 14.4. The Morgan fingerprint density at radius 1 is 0.840 bits per heavy atom. The Balaban J connectivity index is 0.000000399. The first-order chi connectivity index (χ1) is 11.5. The number of aromatic nitrogens is 1. The number of aryl methyl sites for hydroxylation is 3. The predicted octanol–water partition coefficient (Wildman–Crippen LogP) is -2.92. The summed E-state index contributed by atoms with van der Waals surface area (Å²) in [6.07, 6.45) is 0. The maximum absolute atomic E-state index is 12.5. The van der Waals surface area contributed by atoms with Gasteiger partial charge in [0, 0.05) is 26.0 Å². The van der Waals surface area contributed by atoms with Crippen molar-refractivity contribution in [1.82, 2.24) is 0 Å². The van der Waals surface area contributed by atoms with Gasteiger partial charge < -0.3 is 0 Å². The molecule has 3 rings (SSSR count). The maximum Gasteiger partial charge on any atom is 0.319 e. The summed E-state index contributed by atoms with van der Waals surface area (Å²) in [7, 11) is -4.94. The number of nitrogens with zero attached hydrogens (tertiary/aromatic N) is 2. The number of amides is 2. The molecule has 25 heavy (non-hydrogen) atoms. The monoisotopic (exact) mass is 366 g/mol. The molecular formula is C16H15ClN2O6. The Morgan fingerprint density at radius 2 is 1.20 bits per heavy atom. The van der Waals surface area contributed by atoms with Gasteiger partial charge in [0.2, 0.25) is 11.4 Å². The highest BCUT2D eigenvalue weighted by atomic mass is 35.7. The number of fused-ring (bicyclic) bond motifs is 1. The number of hydrogen-bond donors (Lipinski definition) is 0. The van der Waals surface area contributed by atoms with Crippen molar-refractivity contribution in [3.8, 4) is 0 Å². The van der Waals surface area contributed by atoms with Gasteiger partial charge in [-0.15, -0.1) is 10.2 Å². The second-order valence-corrected chi connectivity index (χ2v) is 6.23. The van der Waals surface area contributed by atoms with E-state index in [-0.39, 0.29) is 11.8 Å². The van der Waals surface area contributed by atoms with Crippen LogP contribution in [0.15, 0.2) is 36.4 Å². The first-order valence-electron chi connectivity index (χ1n) is 7.10. The van der Waals surface area contributed by atoms with E-state index in [4.69, 9.17) is 18.6 Å². The third kappa shape index (κ3) is 4.19. The fourth-order valence-corrected chi connectivity index (χ4v) is 2.77. The molecule has 0 atom stereocenters. The lowest BCUT2D eigenvalue weighted by Crippen LogP contribution is -2.68. The molecule has 1 aliphatic rings. The smallest absolute Gasteiger partial charge is 0.263 e. The van der Waals surface area contributed by atoms with Crippen LogP contribution in [-0.4, -0.2) is 11.8 Å². The molecule has 1 aromatic carbocycles. The average Bonchev–Trinajstić information content (AvgIpc) is 2.70. The van der Waals surface area contributed by atoms with E-state index in [1.807, 2.05) is 32.9 Å². The largest absolute Gasteiger partial charge is 0.319 e. The molecule has 0 saturated carbocycles. The number of carbonyl (C=O) groups is 2. The molecule has 132 valence electrons. The highest BCUT2D eigenvalue weighted by molar-refractivity contribution is 6.29. The van der Waals surface area contributed by atoms with Gasteiger partial charge in [-0.2, -0.15) is 0 Å². The van der Waals surface area contributed by atoms with Crippen molar-refractivity contribution in [2.75, 3.05) is 5.01 Å². The molecule has 1 aromatic heterocycles. The lowest BCUT2D eigenvalue weighted by atomic mass is 10.1. The van der Waals surface area contributed by atoms with Gasteiger partial charge in [-0.25, -0.2) is 18.6 Å². The molecule has 0 N–H and O–H groups in total. The summed E-state index contributed by atoms with van der Waals surface area (Å²) in [6, 6.07) is 10.8. The van der Waals surface area contributed by atoms with Gasteiger partial charge in [0.1, 0.15) is 0 Å². The van der Waals surface area contributed by atoms with Gasteiger partial charge in [-0.05, 0) is 29.6 Å². The van der Waals surface area contributed by atoms with Crippen LogP contribution in [-0.2, 0) is 0 Å². The average molecular weight is 367 g/mol. The minimum atomic E-state index is -4.94. The van der Waals surface area contributed by atoms with Gasteiger partial charge in [0.25, 0.3) is 0 Å². The molecule has 0 saturated heterocycles. The summed E-state index contributed by atoms with van der Waals surface area (Å²) in [5, 5.41) is 1.22. The lowest BCUT2D eigenvalue weighted by molar-refractivity contribution is -2.00. The Hall–Kier alpha value is -2.36. The molecule has 0 fully saturated rings. The van der Waals surface area contributed by atoms with Crippen LogP contribution in [0.4, 0.5) is 0 Å². The van der Waals surface area contributed by atoms with Crippen LogP contribution in [0.2, 0.25) is 0 Å². The molecule has 2 amide bonds. The summed E-state index contributed by atoms with van der Waals surface area (Å²) in [5.74, 6) is -0.545. The number of benzene rings is 1. The van der Waals surface area contributed by atoms with E-state index in [0.717, 1.165) is 17.0 Å².